The van der Waals surface area contributed by atoms with Gasteiger partial charge in [-0.25, -0.2) is 0 Å². The van der Waals surface area contributed by atoms with E-state index in [4.69, 9.17) is 3.50 Å². The number of aromatic nitrogens is 1. The zero-order valence-corrected chi connectivity index (χ0v) is 73.8. The Morgan fingerprint density at radius 1 is 0.342 bits per heavy atom. The first-order valence-corrected chi connectivity index (χ1v) is 43.6. The fourth-order valence-electron chi connectivity index (χ4n) is 16.7. The molecule has 1 heterocycles. The third kappa shape index (κ3) is 21.0. The SMILES string of the molecule is CC(C)c1cccc(C(C)C)c1[N]=[Mo]=[CH]C(C)(C)c1ccccc1.Cc1cc(C)c(-c2cc([P+](c3ccccc3)(c3ccccc3)c3ccccc3)cc(-c3c(C)cc(C)cc3C)c2O)c(C)c1.Cc1cc(C)cc([B-](c2cc(C)cc(C(F)(F)F)c2)(c2cc(C)cc(C(F)(F)F)c2)c2cc(C(F)(F)F)cc(C(F)(F)F)c2)c1.Cc1ccc(C)[n-]1. The third-order valence-electron chi connectivity index (χ3n) is 21.8. The van der Waals surface area contributed by atoms with E-state index in [1.54, 1.807) is 19.9 Å². The minimum absolute atomic E-state index is 0.0674. The monoisotopic (exact) mass is 1740 g/mol. The van der Waals surface area contributed by atoms with Crippen LogP contribution in [0.4, 0.5) is 58.4 Å². The molecule has 120 heavy (non-hydrogen) atoms. The normalized spacial score (nSPS) is 12.1. The summed E-state index contributed by atoms with van der Waals surface area (Å²) in [5.41, 5.74) is 11.7. The number of benzene rings is 12. The van der Waals surface area contributed by atoms with Gasteiger partial charge < -0.3 is 10.1 Å². The first-order chi connectivity index (χ1) is 56.2. The van der Waals surface area contributed by atoms with Crippen LogP contribution in [0.5, 0.6) is 5.75 Å². The Labute approximate surface area is 707 Å². The largest absolute Gasteiger partial charge is 0.665 e. The number of hydrogen-bond donors (Lipinski definition) is 1. The number of halogens is 12. The standard InChI is InChI=1S/C42H39OP.C32H24BF12.C12H17N.C10H12.C6H8N.Mo/c1-28-22-30(3)40(31(4)23-28)38-26-37(27-39(42(38)43)41-32(5)24-29(2)25-33(41)6)44(34-16-10-7-11-17-34,35-18-12-8-13-19-35)36-20-14-9-15-21-36;1-17-5-18(2)9-25(8-17)33(26-10-19(3)6-21(13-26)29(34,35)36,27-11-20(4)7-22(14-27)30(37,38)39)28-15-23(31(40,41)42)12-24(16-28)32(43,44)45;1-8(2)10-6-5-7-11(9(3)4)12(10)13;1-10(2,3)9-7-5-4-6-8-9;1-5-3-4-6(2)7-5;/h7-27H,1-6H3;5-16H,1-4H3;5-9H,1-4H3;1,4-8H,2-3H3;3-4H,1-2H3;/q;-1;;;-1;/p+1. The van der Waals surface area contributed by atoms with E-state index in [9.17, 15) is 57.8 Å². The molecule has 12 aromatic carbocycles. The van der Waals surface area contributed by atoms with Crippen LogP contribution in [-0.4, -0.2) is 15.7 Å². The van der Waals surface area contributed by atoms with Gasteiger partial charge in [0.1, 0.15) is 40.4 Å². The molecule has 0 radical (unpaired) electrons. The molecule has 0 saturated heterocycles. The minimum atomic E-state index is -5.35. The molecule has 0 unspecified atom stereocenters. The van der Waals surface area contributed by atoms with Crippen molar-refractivity contribution < 1.29 is 75.7 Å². The molecule has 18 heteroatoms. The van der Waals surface area contributed by atoms with E-state index in [1.165, 1.54) is 103 Å². The van der Waals surface area contributed by atoms with Crippen molar-refractivity contribution in [2.24, 2.45) is 3.50 Å². The zero-order valence-electron chi connectivity index (χ0n) is 70.9. The fraction of sp³-hybridized carbons (Fsp3) is 0.245. The number of nitrogens with zero attached hydrogens (tertiary/aromatic N) is 2. The number of phenolic OH excluding ortho intramolecular Hbond substituents is 1. The molecule has 1 N–H and O–H groups in total. The molecule has 0 bridgehead atoms. The summed E-state index contributed by atoms with van der Waals surface area (Å²) in [5.74, 6) is 1.36. The molecule has 0 aliphatic carbocycles. The number of phenols is 1. The summed E-state index contributed by atoms with van der Waals surface area (Å²) < 4.78 is 178. The van der Waals surface area contributed by atoms with Crippen LogP contribution in [0.25, 0.3) is 22.3 Å². The third-order valence-corrected chi connectivity index (χ3v) is 28.4. The smallest absolute Gasteiger partial charge is 0.416 e. The van der Waals surface area contributed by atoms with Crippen molar-refractivity contribution in [2.45, 2.75) is 167 Å². The Morgan fingerprint density at radius 2 is 0.642 bits per heavy atom. The molecule has 0 amide bonds. The Bertz CT molecular complexity index is 5480. The van der Waals surface area contributed by atoms with Crippen LogP contribution in [0.1, 0.15) is 159 Å². The predicted molar refractivity (Wildman–Crippen MR) is 473 cm³/mol. The molecule has 0 atom stereocenters. The number of aryl methyl sites for hydroxylation is 12. The summed E-state index contributed by atoms with van der Waals surface area (Å²) in [7, 11) is -2.41. The molecule has 0 saturated carbocycles. The fourth-order valence-corrected chi connectivity index (χ4v) is 22.9. The molecule has 0 spiro atoms. The van der Waals surface area contributed by atoms with E-state index < -0.39 is 94.7 Å². The second kappa shape index (κ2) is 37.4. The van der Waals surface area contributed by atoms with Crippen LogP contribution < -0.4 is 48.1 Å². The molecule has 624 valence electrons. The van der Waals surface area contributed by atoms with E-state index in [0.717, 1.165) is 57.9 Å². The van der Waals surface area contributed by atoms with Crippen molar-refractivity contribution in [3.63, 3.8) is 0 Å². The molecule has 0 aliphatic rings. The van der Waals surface area contributed by atoms with Gasteiger partial charge in [0.05, 0.1) is 22.3 Å². The number of hydrogen-bond acceptors (Lipinski definition) is 2. The van der Waals surface area contributed by atoms with Crippen LogP contribution >= 0.6 is 7.26 Å². The van der Waals surface area contributed by atoms with Gasteiger partial charge in [-0.05, 0) is 169 Å². The number of rotatable bonds is 15. The summed E-state index contributed by atoms with van der Waals surface area (Å²) in [6, 6.07) is 77.7. The van der Waals surface area contributed by atoms with E-state index in [-0.39, 0.29) is 28.1 Å². The quantitative estimate of drug-likeness (QED) is 0.0632. The maximum absolute atomic E-state index is 14.2. The summed E-state index contributed by atoms with van der Waals surface area (Å²) >= 11 is -0.553. The Hall–Kier alpha value is -10.3. The summed E-state index contributed by atoms with van der Waals surface area (Å²) in [6.07, 6.45) is -24.3. The maximum Gasteiger partial charge on any atom is 0.416 e. The van der Waals surface area contributed by atoms with Crippen molar-refractivity contribution in [3.8, 4) is 28.0 Å². The van der Waals surface area contributed by atoms with Crippen molar-refractivity contribution in [3.05, 3.63) is 367 Å². The molecular formula is C102H101BF12MoN2OP-. The van der Waals surface area contributed by atoms with Gasteiger partial charge in [-0.15, -0.1) is 0 Å². The van der Waals surface area contributed by atoms with Crippen molar-refractivity contribution in [2.75, 3.05) is 0 Å². The molecule has 3 nitrogen and oxygen atoms in total. The number of alkyl halides is 12. The van der Waals surface area contributed by atoms with Crippen LogP contribution in [0.2, 0.25) is 0 Å². The Morgan fingerprint density at radius 3 is 0.958 bits per heavy atom. The van der Waals surface area contributed by atoms with Crippen LogP contribution in [0.15, 0.2) is 264 Å². The Kier molecular flexibility index (Phi) is 28.7. The molecular weight excluding hydrogens is 1630 g/mol. The molecule has 13 aromatic rings. The van der Waals surface area contributed by atoms with Gasteiger partial charge in [0, 0.05) is 11.1 Å². The van der Waals surface area contributed by atoms with E-state index in [2.05, 4.69) is 268 Å². The molecule has 13 rings (SSSR count). The second-order valence-corrected chi connectivity index (χ2v) is 37.7. The van der Waals surface area contributed by atoms with Crippen LogP contribution in [0, 0.1) is 83.1 Å². The molecule has 1 aromatic heterocycles. The van der Waals surface area contributed by atoms with Gasteiger partial charge in [-0.2, -0.15) is 85.9 Å². The summed E-state index contributed by atoms with van der Waals surface area (Å²) in [4.78, 5) is 4.11. The second-order valence-electron chi connectivity index (χ2n) is 32.7. The predicted octanol–water partition coefficient (Wildman–Crippen LogP) is 25.4. The first kappa shape index (κ1) is 92.0. The van der Waals surface area contributed by atoms with Gasteiger partial charge in [-0.3, -0.25) is 0 Å². The van der Waals surface area contributed by atoms with Crippen molar-refractivity contribution >= 4 is 66.6 Å². The average molecular weight is 1740 g/mol. The van der Waals surface area contributed by atoms with Crippen molar-refractivity contribution in [1.29, 1.82) is 0 Å². The summed E-state index contributed by atoms with van der Waals surface area (Å²) in [6.45, 7) is 36.1. The van der Waals surface area contributed by atoms with Gasteiger partial charge in [0.15, 0.2) is 0 Å². The molecule has 0 fully saturated rings. The van der Waals surface area contributed by atoms with Gasteiger partial charge >= 0.3 is 180 Å². The van der Waals surface area contributed by atoms with Crippen LogP contribution in [-0.2, 0) is 48.0 Å². The number of aromatic hydroxyl groups is 1. The Balaban J connectivity index is 0.000000188. The van der Waals surface area contributed by atoms with Gasteiger partial charge in [-0.1, -0.05) is 193 Å². The van der Waals surface area contributed by atoms with Crippen molar-refractivity contribution in [1.82, 2.24) is 4.98 Å². The first-order valence-electron chi connectivity index (χ1n) is 39.7. The average Bonchev–Trinajstić information content (AvgIpc) is 0.753. The van der Waals surface area contributed by atoms with Gasteiger partial charge in [0.2, 0.25) is 0 Å². The van der Waals surface area contributed by atoms with E-state index >= 15 is 0 Å². The minimum Gasteiger partial charge on any atom is -0.665 e. The zero-order chi connectivity index (χ0) is 87.9. The topological polar surface area (TPSA) is 46.7 Å². The maximum atomic E-state index is 14.2. The van der Waals surface area contributed by atoms with Gasteiger partial charge in [0.25, 0.3) is 0 Å². The summed E-state index contributed by atoms with van der Waals surface area (Å²) in [5, 5.41) is 17.4. The van der Waals surface area contributed by atoms with E-state index in [0.29, 0.717) is 53.0 Å². The van der Waals surface area contributed by atoms with Crippen LogP contribution in [0.3, 0.4) is 0 Å². The molecule has 0 aliphatic heterocycles. The van der Waals surface area contributed by atoms with E-state index in [1.807, 2.05) is 26.0 Å².